The molecule has 2 aromatic rings. The summed E-state index contributed by atoms with van der Waals surface area (Å²) in [4.78, 5) is 0. The average Bonchev–Trinajstić information content (AvgIpc) is 2.68. The minimum absolute atomic E-state index is 0.0664. The molecule has 1 heteroatoms. The van der Waals surface area contributed by atoms with Crippen LogP contribution in [0.2, 0.25) is 0 Å². The summed E-state index contributed by atoms with van der Waals surface area (Å²) in [7, 11) is 0. The topological polar surface area (TPSA) is 12.0 Å². The Hall–Kier alpha value is -1.60. The third-order valence-corrected chi connectivity index (χ3v) is 5.66. The van der Waals surface area contributed by atoms with Gasteiger partial charge >= 0.3 is 0 Å². The summed E-state index contributed by atoms with van der Waals surface area (Å²) in [5.41, 5.74) is 6.29. The molecule has 2 aliphatic rings. The summed E-state index contributed by atoms with van der Waals surface area (Å²) in [5, 5.41) is 4.09. The van der Waals surface area contributed by atoms with Gasteiger partial charge in [-0.2, -0.15) is 0 Å². The van der Waals surface area contributed by atoms with Crippen LogP contribution < -0.4 is 5.32 Å². The zero-order chi connectivity index (χ0) is 15.2. The standard InChI is InChI=1S/C21H25N/c1-3-4-13-21-15-17-10-6-5-9-16(17)14-20(2,22-21)18-11-7-8-12-19(18)21/h5-12,22H,3-4,13-15H2,1-2H3/t20-,21+/m1/s1. The molecule has 2 aromatic carbocycles. The molecule has 0 fully saturated rings. The fraction of sp³-hybridized carbons (Fsp3) is 0.429. The average molecular weight is 291 g/mol. The van der Waals surface area contributed by atoms with E-state index in [4.69, 9.17) is 0 Å². The maximum absolute atomic E-state index is 4.09. The Kier molecular flexibility index (Phi) is 3.16. The highest BCUT2D eigenvalue weighted by molar-refractivity contribution is 5.50. The SMILES string of the molecule is CCCC[C@@]12Cc3ccccc3C[C@@](C)(N1)c1ccccc12. The fourth-order valence-electron chi connectivity index (χ4n) is 4.70. The number of nitrogens with one attached hydrogen (secondary N) is 1. The van der Waals surface area contributed by atoms with Crippen molar-refractivity contribution >= 4 is 0 Å². The van der Waals surface area contributed by atoms with Gasteiger partial charge in [0.25, 0.3) is 0 Å². The molecule has 0 amide bonds. The van der Waals surface area contributed by atoms with E-state index in [0.717, 1.165) is 12.8 Å². The van der Waals surface area contributed by atoms with Crippen molar-refractivity contribution in [2.24, 2.45) is 0 Å². The molecule has 2 heterocycles. The minimum Gasteiger partial charge on any atom is -0.297 e. The van der Waals surface area contributed by atoms with Gasteiger partial charge in [0, 0.05) is 11.1 Å². The van der Waals surface area contributed by atoms with Crippen LogP contribution in [0.15, 0.2) is 48.5 Å². The molecular weight excluding hydrogens is 266 g/mol. The van der Waals surface area contributed by atoms with E-state index in [1.165, 1.54) is 36.0 Å². The first-order valence-electron chi connectivity index (χ1n) is 8.63. The summed E-state index contributed by atoms with van der Waals surface area (Å²) in [6, 6.07) is 18.1. The Morgan fingerprint density at radius 2 is 1.55 bits per heavy atom. The van der Waals surface area contributed by atoms with Gasteiger partial charge in [0.2, 0.25) is 0 Å². The summed E-state index contributed by atoms with van der Waals surface area (Å²) in [5.74, 6) is 0. The molecule has 0 spiro atoms. The van der Waals surface area contributed by atoms with Crippen LogP contribution in [0.4, 0.5) is 0 Å². The number of rotatable bonds is 3. The van der Waals surface area contributed by atoms with Crippen molar-refractivity contribution in [1.82, 2.24) is 5.32 Å². The lowest BCUT2D eigenvalue weighted by Crippen LogP contribution is -2.46. The van der Waals surface area contributed by atoms with Crippen molar-refractivity contribution in [2.45, 2.75) is 57.0 Å². The molecule has 0 saturated carbocycles. The smallest absolute Gasteiger partial charge is 0.0485 e. The fourth-order valence-corrected chi connectivity index (χ4v) is 4.70. The molecule has 0 unspecified atom stereocenters. The molecule has 0 aromatic heterocycles. The lowest BCUT2D eigenvalue weighted by Gasteiger charge is -2.33. The van der Waals surface area contributed by atoms with Crippen LogP contribution in [-0.2, 0) is 23.9 Å². The largest absolute Gasteiger partial charge is 0.297 e. The third-order valence-electron chi connectivity index (χ3n) is 5.66. The highest BCUT2D eigenvalue weighted by atomic mass is 15.1. The van der Waals surface area contributed by atoms with E-state index in [1.54, 1.807) is 5.56 Å². The first-order valence-corrected chi connectivity index (χ1v) is 8.63. The number of benzene rings is 2. The summed E-state index contributed by atoms with van der Waals surface area (Å²) >= 11 is 0. The maximum Gasteiger partial charge on any atom is 0.0485 e. The first-order chi connectivity index (χ1) is 10.7. The Bertz CT molecular complexity index is 705. The lowest BCUT2D eigenvalue weighted by molar-refractivity contribution is 0.247. The van der Waals surface area contributed by atoms with Crippen molar-refractivity contribution in [2.75, 3.05) is 0 Å². The molecule has 22 heavy (non-hydrogen) atoms. The molecule has 4 rings (SSSR count). The van der Waals surface area contributed by atoms with Gasteiger partial charge in [-0.1, -0.05) is 68.3 Å². The van der Waals surface area contributed by atoms with E-state index in [0.29, 0.717) is 0 Å². The van der Waals surface area contributed by atoms with E-state index in [9.17, 15) is 0 Å². The number of unbranched alkanes of at least 4 members (excludes halogenated alkanes) is 1. The van der Waals surface area contributed by atoms with E-state index >= 15 is 0 Å². The molecule has 2 atom stereocenters. The van der Waals surface area contributed by atoms with Crippen LogP contribution >= 0.6 is 0 Å². The molecule has 1 N–H and O–H groups in total. The predicted octanol–water partition coefficient (Wildman–Crippen LogP) is 4.69. The Morgan fingerprint density at radius 3 is 2.27 bits per heavy atom. The van der Waals surface area contributed by atoms with E-state index in [1.807, 2.05) is 0 Å². The van der Waals surface area contributed by atoms with Crippen LogP contribution in [0.3, 0.4) is 0 Å². The van der Waals surface area contributed by atoms with Gasteiger partial charge in [0.15, 0.2) is 0 Å². The van der Waals surface area contributed by atoms with Gasteiger partial charge in [0.05, 0.1) is 0 Å². The second-order valence-corrected chi connectivity index (χ2v) is 7.31. The Labute approximate surface area is 133 Å². The van der Waals surface area contributed by atoms with Crippen molar-refractivity contribution in [3.8, 4) is 0 Å². The van der Waals surface area contributed by atoms with Crippen LogP contribution in [0.25, 0.3) is 0 Å². The normalized spacial score (nSPS) is 28.8. The Morgan fingerprint density at radius 1 is 0.909 bits per heavy atom. The molecule has 114 valence electrons. The van der Waals surface area contributed by atoms with E-state index < -0.39 is 0 Å². The van der Waals surface area contributed by atoms with Crippen LogP contribution in [0, 0.1) is 0 Å². The number of fused-ring (bicyclic) bond motifs is 6. The lowest BCUT2D eigenvalue weighted by atomic mass is 9.76. The molecule has 2 bridgehead atoms. The van der Waals surface area contributed by atoms with E-state index in [2.05, 4.69) is 67.7 Å². The van der Waals surface area contributed by atoms with Crippen LogP contribution in [0.5, 0.6) is 0 Å². The van der Waals surface area contributed by atoms with Gasteiger partial charge in [-0.3, -0.25) is 5.32 Å². The molecule has 0 saturated heterocycles. The van der Waals surface area contributed by atoms with Crippen LogP contribution in [0.1, 0.15) is 55.4 Å². The first kappa shape index (κ1) is 14.0. The highest BCUT2D eigenvalue weighted by Gasteiger charge is 2.50. The third kappa shape index (κ3) is 1.95. The zero-order valence-corrected chi connectivity index (χ0v) is 13.7. The minimum atomic E-state index is 0.0664. The zero-order valence-electron chi connectivity index (χ0n) is 13.7. The summed E-state index contributed by atoms with van der Waals surface area (Å²) < 4.78 is 0. The Balaban J connectivity index is 1.90. The van der Waals surface area contributed by atoms with Gasteiger partial charge in [-0.25, -0.2) is 0 Å². The molecule has 1 nitrogen and oxygen atoms in total. The molecule has 2 aliphatic heterocycles. The van der Waals surface area contributed by atoms with Gasteiger partial charge in [-0.05, 0) is 48.4 Å². The van der Waals surface area contributed by atoms with Gasteiger partial charge < -0.3 is 0 Å². The maximum atomic E-state index is 4.09. The summed E-state index contributed by atoms with van der Waals surface area (Å²) in [6.45, 7) is 4.68. The quantitative estimate of drug-likeness (QED) is 0.865. The van der Waals surface area contributed by atoms with Crippen molar-refractivity contribution in [3.05, 3.63) is 70.8 Å². The predicted molar refractivity (Wildman–Crippen MR) is 92.0 cm³/mol. The highest BCUT2D eigenvalue weighted by Crippen LogP contribution is 2.49. The second kappa shape index (κ2) is 4.96. The summed E-state index contributed by atoms with van der Waals surface area (Å²) in [6.07, 6.45) is 5.97. The molecule has 0 radical (unpaired) electrons. The number of hydrogen-bond acceptors (Lipinski definition) is 1. The second-order valence-electron chi connectivity index (χ2n) is 7.31. The van der Waals surface area contributed by atoms with E-state index in [-0.39, 0.29) is 11.1 Å². The van der Waals surface area contributed by atoms with Crippen molar-refractivity contribution in [3.63, 3.8) is 0 Å². The molecule has 0 aliphatic carbocycles. The number of hydrogen-bond donors (Lipinski definition) is 1. The molecular formula is C21H25N. The van der Waals surface area contributed by atoms with Crippen LogP contribution in [-0.4, -0.2) is 0 Å². The van der Waals surface area contributed by atoms with Crippen molar-refractivity contribution < 1.29 is 0 Å². The monoisotopic (exact) mass is 291 g/mol. The van der Waals surface area contributed by atoms with Crippen molar-refractivity contribution in [1.29, 1.82) is 0 Å². The van der Waals surface area contributed by atoms with Gasteiger partial charge in [-0.15, -0.1) is 0 Å². The van der Waals surface area contributed by atoms with Gasteiger partial charge in [0.1, 0.15) is 0 Å².